The molecule has 9 heteroatoms. The summed E-state index contributed by atoms with van der Waals surface area (Å²) >= 11 is 2.08. The molecule has 1 N–H and O–H groups in total. The molecule has 0 radical (unpaired) electrons. The lowest BCUT2D eigenvalue weighted by molar-refractivity contribution is -0.124. The van der Waals surface area contributed by atoms with Crippen molar-refractivity contribution >= 4 is 40.3 Å². The minimum atomic E-state index is -0.814. The van der Waals surface area contributed by atoms with Crippen molar-refractivity contribution in [2.24, 2.45) is 5.92 Å². The monoisotopic (exact) mass is 580 g/mol. The summed E-state index contributed by atoms with van der Waals surface area (Å²) in [7, 11) is 1.41. The maximum atomic E-state index is 15.2. The van der Waals surface area contributed by atoms with Crippen LogP contribution in [-0.2, 0) is 11.2 Å². The van der Waals surface area contributed by atoms with Gasteiger partial charge in [0.15, 0.2) is 0 Å². The van der Waals surface area contributed by atoms with Gasteiger partial charge in [-0.2, -0.15) is 0 Å². The summed E-state index contributed by atoms with van der Waals surface area (Å²) in [4.78, 5) is 28.2. The van der Waals surface area contributed by atoms with Gasteiger partial charge in [-0.05, 0) is 74.8 Å². The lowest BCUT2D eigenvalue weighted by atomic mass is 9.82. The fraction of sp³-hybridized carbons (Fsp3) is 0.400. The van der Waals surface area contributed by atoms with Gasteiger partial charge in [-0.15, -0.1) is 0 Å². The Bertz CT molecular complexity index is 1230. The van der Waals surface area contributed by atoms with E-state index in [2.05, 4.69) is 33.2 Å². The molecule has 34 heavy (non-hydrogen) atoms. The summed E-state index contributed by atoms with van der Waals surface area (Å²) in [5.41, 5.74) is 2.36. The number of imidazole rings is 1. The zero-order chi connectivity index (χ0) is 24.6. The Morgan fingerprint density at radius 2 is 1.82 bits per heavy atom. The first kappa shape index (κ1) is 24.6. The lowest BCUT2D eigenvalue weighted by Crippen LogP contribution is -2.34. The number of aromatic nitrogens is 2. The molecule has 4 rings (SSSR count). The second-order valence-electron chi connectivity index (χ2n) is 8.94. The number of pyridine rings is 1. The standard InChI is InChI=1S/C25H27F2IN4O2/c1-14-8-9-31-21(11-16-4-6-18(7-5-16)32(28)15(2)33)24(30-22(31)10-14)23-19(26)12-17(13-20(23)27)25(34)29-3/h8-10,12-13,16,18H,4-7,11H2,1-3H3,(H,29,34). The molecule has 0 spiro atoms. The quantitative estimate of drug-likeness (QED) is 0.332. The fourth-order valence-electron chi connectivity index (χ4n) is 4.77. The van der Waals surface area contributed by atoms with E-state index in [1.807, 2.05) is 29.7 Å². The number of amides is 2. The zero-order valence-electron chi connectivity index (χ0n) is 19.4. The van der Waals surface area contributed by atoms with Crippen molar-refractivity contribution in [3.8, 4) is 11.3 Å². The van der Waals surface area contributed by atoms with Crippen LogP contribution in [0.25, 0.3) is 16.9 Å². The number of halogens is 3. The number of nitrogens with zero attached hydrogens (tertiary/aromatic N) is 3. The van der Waals surface area contributed by atoms with E-state index in [0.29, 0.717) is 18.0 Å². The maximum absolute atomic E-state index is 15.2. The van der Waals surface area contributed by atoms with Gasteiger partial charge in [0.2, 0.25) is 5.91 Å². The van der Waals surface area contributed by atoms with Crippen LogP contribution in [0.3, 0.4) is 0 Å². The van der Waals surface area contributed by atoms with Gasteiger partial charge in [-0.25, -0.2) is 13.8 Å². The third kappa shape index (κ3) is 4.80. The highest BCUT2D eigenvalue weighted by Gasteiger charge is 2.29. The lowest BCUT2D eigenvalue weighted by Gasteiger charge is -2.32. The first-order chi connectivity index (χ1) is 16.2. The molecule has 6 nitrogen and oxygen atoms in total. The predicted molar refractivity (Wildman–Crippen MR) is 135 cm³/mol. The Morgan fingerprint density at radius 1 is 1.18 bits per heavy atom. The number of hydrogen-bond donors (Lipinski definition) is 1. The number of nitrogens with one attached hydrogen (secondary N) is 1. The molecule has 0 unspecified atom stereocenters. The van der Waals surface area contributed by atoms with Crippen molar-refractivity contribution in [2.75, 3.05) is 7.05 Å². The maximum Gasteiger partial charge on any atom is 0.251 e. The van der Waals surface area contributed by atoms with Crippen LogP contribution < -0.4 is 5.32 Å². The van der Waals surface area contributed by atoms with Crippen LogP contribution in [-0.4, -0.2) is 37.4 Å². The Morgan fingerprint density at radius 3 is 2.41 bits per heavy atom. The Labute approximate surface area is 211 Å². The molecule has 2 aromatic heterocycles. The van der Waals surface area contributed by atoms with Crippen molar-refractivity contribution < 1.29 is 18.4 Å². The van der Waals surface area contributed by atoms with Crippen molar-refractivity contribution in [1.82, 2.24) is 17.8 Å². The molecule has 3 aromatic rings. The SMILES string of the molecule is CNC(=O)c1cc(F)c(-c2nc3cc(C)ccn3c2CC2CCC(N(I)C(C)=O)CC2)c(F)c1. The number of carbonyl (C=O) groups is 2. The third-order valence-electron chi connectivity index (χ3n) is 6.57. The van der Waals surface area contributed by atoms with Gasteiger partial charge >= 0.3 is 0 Å². The third-order valence-corrected chi connectivity index (χ3v) is 8.04. The predicted octanol–water partition coefficient (Wildman–Crippen LogP) is 5.25. The molecule has 1 aromatic carbocycles. The molecule has 1 aliphatic carbocycles. The summed E-state index contributed by atoms with van der Waals surface area (Å²) in [6, 6.07) is 6.16. The van der Waals surface area contributed by atoms with Gasteiger partial charge in [0.1, 0.15) is 17.3 Å². The van der Waals surface area contributed by atoms with E-state index in [9.17, 15) is 9.59 Å². The van der Waals surface area contributed by atoms with E-state index in [4.69, 9.17) is 0 Å². The average molecular weight is 580 g/mol. The highest BCUT2D eigenvalue weighted by atomic mass is 127. The Kier molecular flexibility index (Phi) is 7.20. The minimum absolute atomic E-state index is 0.0506. The van der Waals surface area contributed by atoms with Crippen LogP contribution in [0.5, 0.6) is 0 Å². The largest absolute Gasteiger partial charge is 0.355 e. The summed E-state index contributed by atoms with van der Waals surface area (Å²) < 4.78 is 34.0. The van der Waals surface area contributed by atoms with Crippen LogP contribution in [0.2, 0.25) is 0 Å². The van der Waals surface area contributed by atoms with Crippen molar-refractivity contribution in [1.29, 1.82) is 0 Å². The summed E-state index contributed by atoms with van der Waals surface area (Å²) in [6.07, 6.45) is 6.11. The summed E-state index contributed by atoms with van der Waals surface area (Å²) in [5, 5.41) is 2.39. The topological polar surface area (TPSA) is 66.7 Å². The van der Waals surface area contributed by atoms with E-state index in [1.165, 1.54) is 7.05 Å². The number of carbonyl (C=O) groups excluding carboxylic acids is 2. The highest BCUT2D eigenvalue weighted by molar-refractivity contribution is 14.1. The molecule has 1 fully saturated rings. The number of fused-ring (bicyclic) bond motifs is 1. The zero-order valence-corrected chi connectivity index (χ0v) is 21.5. The molecular formula is C25H27F2IN4O2. The van der Waals surface area contributed by atoms with E-state index >= 15 is 8.78 Å². The summed E-state index contributed by atoms with van der Waals surface area (Å²) in [5.74, 6) is -1.82. The van der Waals surface area contributed by atoms with Gasteiger partial charge in [-0.1, -0.05) is 0 Å². The molecule has 0 aliphatic heterocycles. The normalized spacial score (nSPS) is 18.2. The molecule has 0 bridgehead atoms. The molecular weight excluding hydrogens is 553 g/mol. The van der Waals surface area contributed by atoms with Crippen molar-refractivity contribution in [3.05, 3.63) is 58.9 Å². The average Bonchev–Trinajstić information content (AvgIpc) is 3.14. The smallest absolute Gasteiger partial charge is 0.251 e. The van der Waals surface area contributed by atoms with Gasteiger partial charge in [0, 0.05) is 31.8 Å². The molecule has 0 saturated heterocycles. The Hall–Kier alpha value is -2.56. The molecule has 1 saturated carbocycles. The van der Waals surface area contributed by atoms with Crippen molar-refractivity contribution in [2.45, 2.75) is 52.0 Å². The highest BCUT2D eigenvalue weighted by Crippen LogP contribution is 2.36. The number of aryl methyl sites for hydroxylation is 1. The first-order valence-corrected chi connectivity index (χ1v) is 12.3. The van der Waals surface area contributed by atoms with E-state index in [0.717, 1.165) is 49.1 Å². The number of benzene rings is 1. The minimum Gasteiger partial charge on any atom is -0.355 e. The van der Waals surface area contributed by atoms with Gasteiger partial charge in [0.25, 0.3) is 5.91 Å². The van der Waals surface area contributed by atoms with Crippen LogP contribution in [0.4, 0.5) is 8.78 Å². The van der Waals surface area contributed by atoms with Crippen molar-refractivity contribution in [3.63, 3.8) is 0 Å². The summed E-state index contributed by atoms with van der Waals surface area (Å²) in [6.45, 7) is 3.52. The van der Waals surface area contributed by atoms with Crippen LogP contribution in [0.1, 0.15) is 54.2 Å². The molecule has 180 valence electrons. The number of hydrogen-bond acceptors (Lipinski definition) is 3. The Balaban J connectivity index is 1.71. The molecule has 2 amide bonds. The fourth-order valence-corrected chi connectivity index (χ4v) is 5.33. The first-order valence-electron chi connectivity index (χ1n) is 11.3. The van der Waals surface area contributed by atoms with E-state index in [-0.39, 0.29) is 28.8 Å². The van der Waals surface area contributed by atoms with Crippen LogP contribution >= 0.6 is 22.9 Å². The van der Waals surface area contributed by atoms with E-state index < -0.39 is 17.5 Å². The second-order valence-corrected chi connectivity index (χ2v) is 9.98. The molecule has 0 atom stereocenters. The number of rotatable bonds is 5. The van der Waals surface area contributed by atoms with Gasteiger partial charge < -0.3 is 9.72 Å². The van der Waals surface area contributed by atoms with Crippen LogP contribution in [0.15, 0.2) is 30.5 Å². The van der Waals surface area contributed by atoms with E-state index in [1.54, 1.807) is 10.0 Å². The second kappa shape index (κ2) is 9.97. The molecule has 1 aliphatic rings. The molecule has 2 heterocycles. The van der Waals surface area contributed by atoms with Gasteiger partial charge in [-0.3, -0.25) is 12.7 Å². The van der Waals surface area contributed by atoms with Crippen LogP contribution in [0, 0.1) is 24.5 Å². The van der Waals surface area contributed by atoms with Gasteiger partial charge in [0.05, 0.1) is 39.8 Å².